The van der Waals surface area contributed by atoms with E-state index in [4.69, 9.17) is 5.73 Å². The molecule has 3 N–H and O–H groups in total. The molecule has 0 aromatic rings. The second-order valence-corrected chi connectivity index (χ2v) is 4.48. The summed E-state index contributed by atoms with van der Waals surface area (Å²) in [6.45, 7) is 13.6. The van der Waals surface area contributed by atoms with Crippen LogP contribution in [0.15, 0.2) is 12.7 Å². The van der Waals surface area contributed by atoms with Gasteiger partial charge in [-0.15, -0.1) is 6.58 Å². The molecule has 4 heteroatoms. The molecule has 0 saturated heterocycles. The number of primary amides is 1. The fourth-order valence-corrected chi connectivity index (χ4v) is 1.72. The predicted octanol–water partition coefficient (Wildman–Crippen LogP) is 1.13. The van der Waals surface area contributed by atoms with Crippen molar-refractivity contribution in [2.45, 2.75) is 39.2 Å². The first-order chi connectivity index (χ1) is 8.00. The number of nitrogens with one attached hydrogen (secondary N) is 1. The molecule has 0 aliphatic heterocycles. The third-order valence-electron chi connectivity index (χ3n) is 3.23. The topological polar surface area (TPSA) is 58.4 Å². The minimum atomic E-state index is -0.624. The second-order valence-electron chi connectivity index (χ2n) is 4.48. The van der Waals surface area contributed by atoms with E-state index >= 15 is 0 Å². The van der Waals surface area contributed by atoms with Crippen molar-refractivity contribution in [1.29, 1.82) is 0 Å². The van der Waals surface area contributed by atoms with Crippen LogP contribution in [-0.4, -0.2) is 42.5 Å². The summed E-state index contributed by atoms with van der Waals surface area (Å²) in [6.07, 6.45) is 3.30. The smallest absolute Gasteiger partial charge is 0.237 e. The summed E-state index contributed by atoms with van der Waals surface area (Å²) in [6, 6.07) is 0. The van der Waals surface area contributed by atoms with Gasteiger partial charge < -0.3 is 16.0 Å². The average Bonchev–Trinajstić information content (AvgIpc) is 2.32. The average molecular weight is 241 g/mol. The molecule has 0 aliphatic carbocycles. The van der Waals surface area contributed by atoms with E-state index in [1.54, 1.807) is 0 Å². The third-order valence-corrected chi connectivity index (χ3v) is 3.23. The van der Waals surface area contributed by atoms with Crippen molar-refractivity contribution in [2.24, 2.45) is 5.73 Å². The molecule has 1 atom stereocenters. The number of likely N-dealkylation sites (N-methyl/N-ethyl adjacent to an activating group) is 1. The van der Waals surface area contributed by atoms with E-state index in [2.05, 4.69) is 30.6 Å². The van der Waals surface area contributed by atoms with Gasteiger partial charge in [-0.3, -0.25) is 4.79 Å². The van der Waals surface area contributed by atoms with Crippen LogP contribution in [0, 0.1) is 0 Å². The standard InChI is InChI=1S/C13H27N3O/c1-5-8-9-13(4,12(14)17)15-10-11-16(6-2)7-3/h5,15H,1,6-11H2,2-4H3,(H2,14,17). The Labute approximate surface area is 105 Å². The van der Waals surface area contributed by atoms with Crippen LogP contribution >= 0.6 is 0 Å². The highest BCUT2D eigenvalue weighted by molar-refractivity contribution is 5.84. The van der Waals surface area contributed by atoms with E-state index < -0.39 is 5.54 Å². The van der Waals surface area contributed by atoms with Crippen LogP contribution in [0.25, 0.3) is 0 Å². The Balaban J connectivity index is 4.17. The molecule has 0 bridgehead atoms. The van der Waals surface area contributed by atoms with E-state index in [1.165, 1.54) is 0 Å². The zero-order valence-electron chi connectivity index (χ0n) is 11.5. The Morgan fingerprint density at radius 1 is 1.47 bits per heavy atom. The number of hydrogen-bond acceptors (Lipinski definition) is 3. The molecule has 0 rings (SSSR count). The van der Waals surface area contributed by atoms with Gasteiger partial charge in [-0.05, 0) is 32.9 Å². The molecule has 4 nitrogen and oxygen atoms in total. The lowest BCUT2D eigenvalue weighted by molar-refractivity contribution is -0.124. The molecule has 17 heavy (non-hydrogen) atoms. The van der Waals surface area contributed by atoms with Gasteiger partial charge in [0.25, 0.3) is 0 Å². The number of amides is 1. The highest BCUT2D eigenvalue weighted by Crippen LogP contribution is 2.11. The van der Waals surface area contributed by atoms with E-state index in [0.717, 1.165) is 32.6 Å². The fourth-order valence-electron chi connectivity index (χ4n) is 1.72. The lowest BCUT2D eigenvalue weighted by Crippen LogP contribution is -2.54. The van der Waals surface area contributed by atoms with Gasteiger partial charge in [0.1, 0.15) is 0 Å². The maximum Gasteiger partial charge on any atom is 0.237 e. The van der Waals surface area contributed by atoms with Crippen LogP contribution < -0.4 is 11.1 Å². The summed E-state index contributed by atoms with van der Waals surface area (Å²) >= 11 is 0. The highest BCUT2D eigenvalue weighted by Gasteiger charge is 2.29. The van der Waals surface area contributed by atoms with E-state index in [0.29, 0.717) is 6.42 Å². The minimum Gasteiger partial charge on any atom is -0.368 e. The summed E-state index contributed by atoms with van der Waals surface area (Å²) in [5, 5.41) is 3.27. The Morgan fingerprint density at radius 2 is 2.06 bits per heavy atom. The third kappa shape index (κ3) is 5.84. The molecule has 0 radical (unpaired) electrons. The molecular formula is C13H27N3O. The van der Waals surface area contributed by atoms with Crippen LogP contribution in [-0.2, 0) is 4.79 Å². The number of nitrogens with zero attached hydrogens (tertiary/aromatic N) is 1. The predicted molar refractivity (Wildman–Crippen MR) is 72.8 cm³/mol. The maximum atomic E-state index is 11.5. The molecule has 1 unspecified atom stereocenters. The summed E-state index contributed by atoms with van der Waals surface area (Å²) in [7, 11) is 0. The van der Waals surface area contributed by atoms with Crippen LogP contribution in [0.2, 0.25) is 0 Å². The molecule has 0 aromatic carbocycles. The van der Waals surface area contributed by atoms with Crippen LogP contribution in [0.5, 0.6) is 0 Å². The lowest BCUT2D eigenvalue weighted by Gasteiger charge is -2.28. The van der Waals surface area contributed by atoms with Gasteiger partial charge >= 0.3 is 0 Å². The number of carbonyl (C=O) groups is 1. The van der Waals surface area contributed by atoms with Crippen LogP contribution in [0.3, 0.4) is 0 Å². The molecular weight excluding hydrogens is 214 g/mol. The molecule has 0 saturated carbocycles. The number of hydrogen-bond donors (Lipinski definition) is 2. The molecule has 0 aromatic heterocycles. The number of nitrogens with two attached hydrogens (primary N) is 1. The SMILES string of the molecule is C=CCCC(C)(NCCN(CC)CC)C(N)=O. The molecule has 0 heterocycles. The monoisotopic (exact) mass is 241 g/mol. The Morgan fingerprint density at radius 3 is 2.47 bits per heavy atom. The van der Waals surface area contributed by atoms with Crippen molar-refractivity contribution in [1.82, 2.24) is 10.2 Å². The summed E-state index contributed by atoms with van der Waals surface area (Å²) in [4.78, 5) is 13.8. The Bertz CT molecular complexity index is 239. The number of allylic oxidation sites excluding steroid dienone is 1. The van der Waals surface area contributed by atoms with Gasteiger partial charge in [0.2, 0.25) is 5.91 Å². The quantitative estimate of drug-likeness (QED) is 0.564. The van der Waals surface area contributed by atoms with Crippen molar-refractivity contribution in [3.8, 4) is 0 Å². The second kappa shape index (κ2) is 8.25. The highest BCUT2D eigenvalue weighted by atomic mass is 16.1. The minimum absolute atomic E-state index is 0.293. The van der Waals surface area contributed by atoms with Gasteiger partial charge in [0.05, 0.1) is 5.54 Å². The first-order valence-corrected chi connectivity index (χ1v) is 6.38. The van der Waals surface area contributed by atoms with Gasteiger partial charge in [-0.2, -0.15) is 0 Å². The van der Waals surface area contributed by atoms with Crippen molar-refractivity contribution in [2.75, 3.05) is 26.2 Å². The van der Waals surface area contributed by atoms with E-state index in [9.17, 15) is 4.79 Å². The Hall–Kier alpha value is -0.870. The van der Waals surface area contributed by atoms with Gasteiger partial charge in [-0.25, -0.2) is 0 Å². The molecule has 0 spiro atoms. The summed E-state index contributed by atoms with van der Waals surface area (Å²) in [5.74, 6) is -0.293. The van der Waals surface area contributed by atoms with Crippen molar-refractivity contribution in [3.05, 3.63) is 12.7 Å². The molecule has 0 fully saturated rings. The first-order valence-electron chi connectivity index (χ1n) is 6.38. The van der Waals surface area contributed by atoms with Crippen molar-refractivity contribution < 1.29 is 4.79 Å². The summed E-state index contributed by atoms with van der Waals surface area (Å²) < 4.78 is 0. The van der Waals surface area contributed by atoms with E-state index in [1.807, 2.05) is 13.0 Å². The van der Waals surface area contributed by atoms with E-state index in [-0.39, 0.29) is 5.91 Å². The molecule has 0 aliphatic rings. The number of carbonyl (C=O) groups excluding carboxylic acids is 1. The maximum absolute atomic E-state index is 11.5. The van der Waals surface area contributed by atoms with Gasteiger partial charge in [0, 0.05) is 13.1 Å². The fraction of sp³-hybridized carbons (Fsp3) is 0.769. The first kappa shape index (κ1) is 16.1. The normalized spacial score (nSPS) is 14.6. The van der Waals surface area contributed by atoms with Gasteiger partial charge in [-0.1, -0.05) is 19.9 Å². The molecule has 1 amide bonds. The molecule has 100 valence electrons. The van der Waals surface area contributed by atoms with Gasteiger partial charge in [0.15, 0.2) is 0 Å². The van der Waals surface area contributed by atoms with Crippen LogP contribution in [0.1, 0.15) is 33.6 Å². The lowest BCUT2D eigenvalue weighted by atomic mass is 9.95. The largest absolute Gasteiger partial charge is 0.368 e. The van der Waals surface area contributed by atoms with Crippen molar-refractivity contribution in [3.63, 3.8) is 0 Å². The number of rotatable bonds is 10. The zero-order chi connectivity index (χ0) is 13.3. The summed E-state index contributed by atoms with van der Waals surface area (Å²) in [5.41, 5.74) is 4.82. The Kier molecular flexibility index (Phi) is 7.83. The van der Waals surface area contributed by atoms with Crippen LogP contribution in [0.4, 0.5) is 0 Å². The van der Waals surface area contributed by atoms with Crippen molar-refractivity contribution >= 4 is 5.91 Å². The zero-order valence-corrected chi connectivity index (χ0v) is 11.5.